The van der Waals surface area contributed by atoms with E-state index in [1.165, 1.54) is 0 Å². The first kappa shape index (κ1) is 12.6. The average Bonchev–Trinajstić information content (AvgIpc) is 3.04. The molecule has 0 saturated heterocycles. The zero-order chi connectivity index (χ0) is 14.6. The molecule has 0 unspecified atom stereocenters. The molecular weight excluding hydrogens is 306 g/mol. The van der Waals surface area contributed by atoms with E-state index < -0.39 is 0 Å². The van der Waals surface area contributed by atoms with Crippen LogP contribution in [-0.4, -0.2) is 14.8 Å². The normalized spacial score (nSPS) is 11.5. The minimum atomic E-state index is -0.0961. The Morgan fingerprint density at radius 1 is 1.24 bits per heavy atom. The second-order valence-corrected chi connectivity index (χ2v) is 6.49. The van der Waals surface area contributed by atoms with Gasteiger partial charge in [0.1, 0.15) is 5.00 Å². The highest BCUT2D eigenvalue weighted by atomic mass is 35.5. The minimum Gasteiger partial charge on any atom is -0.289 e. The van der Waals surface area contributed by atoms with Crippen LogP contribution in [0.25, 0.3) is 26.8 Å². The first-order valence-corrected chi connectivity index (χ1v) is 7.59. The summed E-state index contributed by atoms with van der Waals surface area (Å²) in [5, 5.41) is 6.04. The third-order valence-electron chi connectivity index (χ3n) is 3.45. The molecule has 21 heavy (non-hydrogen) atoms. The lowest BCUT2D eigenvalue weighted by atomic mass is 10.2. The average molecular weight is 316 g/mol. The van der Waals surface area contributed by atoms with Crippen molar-refractivity contribution in [3.05, 3.63) is 56.8 Å². The molecule has 4 rings (SSSR count). The van der Waals surface area contributed by atoms with E-state index in [4.69, 9.17) is 11.6 Å². The number of H-pyrrole nitrogens is 1. The maximum Gasteiger partial charge on any atom is 0.281 e. The lowest BCUT2D eigenvalue weighted by molar-refractivity contribution is 0.881. The molecule has 0 aliphatic carbocycles. The van der Waals surface area contributed by atoms with Crippen molar-refractivity contribution in [3.63, 3.8) is 0 Å². The second-order valence-electron chi connectivity index (χ2n) is 4.82. The molecule has 0 atom stereocenters. The lowest BCUT2D eigenvalue weighted by Gasteiger charge is -1.99. The van der Waals surface area contributed by atoms with E-state index in [0.29, 0.717) is 15.9 Å². The van der Waals surface area contributed by atoms with Crippen molar-refractivity contribution in [2.24, 2.45) is 0 Å². The number of hydrogen-bond acceptors (Lipinski definition) is 3. The van der Waals surface area contributed by atoms with Crippen molar-refractivity contribution in [1.29, 1.82) is 0 Å². The van der Waals surface area contributed by atoms with Crippen molar-refractivity contribution >= 4 is 44.7 Å². The second kappa shape index (κ2) is 4.44. The Kier molecular flexibility index (Phi) is 2.67. The number of halogens is 1. The van der Waals surface area contributed by atoms with Gasteiger partial charge in [0.05, 0.1) is 21.4 Å². The zero-order valence-electron chi connectivity index (χ0n) is 11.1. The summed E-state index contributed by atoms with van der Waals surface area (Å²) in [7, 11) is 0. The molecule has 0 fully saturated rings. The van der Waals surface area contributed by atoms with Crippen LogP contribution in [0, 0.1) is 6.92 Å². The Balaban J connectivity index is 2.13. The van der Waals surface area contributed by atoms with E-state index in [0.717, 1.165) is 20.8 Å². The fourth-order valence-electron chi connectivity index (χ4n) is 2.45. The number of aryl methyl sites for hydroxylation is 1. The van der Waals surface area contributed by atoms with E-state index in [1.807, 2.05) is 31.2 Å². The van der Waals surface area contributed by atoms with Gasteiger partial charge in [0.15, 0.2) is 0 Å². The maximum atomic E-state index is 12.5. The predicted molar refractivity (Wildman–Crippen MR) is 86.8 cm³/mol. The van der Waals surface area contributed by atoms with Crippen molar-refractivity contribution in [2.45, 2.75) is 6.92 Å². The number of benzene rings is 1. The summed E-state index contributed by atoms with van der Waals surface area (Å²) >= 11 is 7.73. The van der Waals surface area contributed by atoms with E-state index in [1.54, 1.807) is 28.3 Å². The number of fused-ring (bicyclic) bond motifs is 3. The molecule has 0 bridgehead atoms. The van der Waals surface area contributed by atoms with Gasteiger partial charge in [-0.2, -0.15) is 0 Å². The van der Waals surface area contributed by atoms with Crippen molar-refractivity contribution in [2.75, 3.05) is 0 Å². The van der Waals surface area contributed by atoms with E-state index in [9.17, 15) is 4.79 Å². The number of hydrogen-bond donors (Lipinski definition) is 1. The standard InChI is InChI=1S/C15H10ClN3OS/c1-8-5-6-12(21-8)19-15(20)10-7-17-14-9(13(10)18-19)3-2-4-11(14)16/h2-7,18H,1H3. The molecule has 3 aromatic heterocycles. The Morgan fingerprint density at radius 3 is 2.86 bits per heavy atom. The molecule has 0 aliphatic heterocycles. The van der Waals surface area contributed by atoms with Crippen LogP contribution in [0.1, 0.15) is 4.88 Å². The number of aromatic nitrogens is 3. The molecule has 1 aromatic carbocycles. The Bertz CT molecular complexity index is 1040. The molecule has 1 N–H and O–H groups in total. The van der Waals surface area contributed by atoms with Gasteiger partial charge in [-0.3, -0.25) is 14.9 Å². The summed E-state index contributed by atoms with van der Waals surface area (Å²) in [4.78, 5) is 18.0. The van der Waals surface area contributed by atoms with Gasteiger partial charge in [-0.05, 0) is 25.1 Å². The summed E-state index contributed by atoms with van der Waals surface area (Å²) in [6, 6.07) is 9.48. The monoisotopic (exact) mass is 315 g/mol. The summed E-state index contributed by atoms with van der Waals surface area (Å²) in [5.74, 6) is 0. The van der Waals surface area contributed by atoms with Crippen LogP contribution in [0.3, 0.4) is 0 Å². The van der Waals surface area contributed by atoms with E-state index in [-0.39, 0.29) is 5.56 Å². The van der Waals surface area contributed by atoms with Crippen LogP contribution >= 0.6 is 22.9 Å². The Hall–Kier alpha value is -2.11. The number of para-hydroxylation sites is 1. The number of pyridine rings is 1. The highest BCUT2D eigenvalue weighted by Crippen LogP contribution is 2.27. The molecule has 4 aromatic rings. The summed E-state index contributed by atoms with van der Waals surface area (Å²) in [6.07, 6.45) is 1.58. The minimum absolute atomic E-state index is 0.0961. The lowest BCUT2D eigenvalue weighted by Crippen LogP contribution is -2.12. The van der Waals surface area contributed by atoms with Gasteiger partial charge >= 0.3 is 0 Å². The largest absolute Gasteiger partial charge is 0.289 e. The highest BCUT2D eigenvalue weighted by molar-refractivity contribution is 7.14. The number of nitrogens with one attached hydrogen (secondary N) is 1. The van der Waals surface area contributed by atoms with Gasteiger partial charge in [-0.25, -0.2) is 4.68 Å². The van der Waals surface area contributed by atoms with E-state index in [2.05, 4.69) is 10.1 Å². The third kappa shape index (κ3) is 1.81. The topological polar surface area (TPSA) is 50.7 Å². The molecule has 3 heterocycles. The third-order valence-corrected chi connectivity index (χ3v) is 4.74. The quantitative estimate of drug-likeness (QED) is 0.579. The Labute approximate surface area is 128 Å². The van der Waals surface area contributed by atoms with Crippen LogP contribution < -0.4 is 5.56 Å². The SMILES string of the molecule is Cc1ccc(-n2[nH]c3c(cnc4c(Cl)cccc43)c2=O)s1. The first-order valence-electron chi connectivity index (χ1n) is 6.40. The highest BCUT2D eigenvalue weighted by Gasteiger charge is 2.13. The van der Waals surface area contributed by atoms with Gasteiger partial charge in [-0.15, -0.1) is 11.3 Å². The Morgan fingerprint density at radius 2 is 2.10 bits per heavy atom. The molecule has 104 valence electrons. The molecule has 0 radical (unpaired) electrons. The van der Waals surface area contributed by atoms with Crippen molar-refractivity contribution < 1.29 is 0 Å². The van der Waals surface area contributed by atoms with Gasteiger partial charge in [0.2, 0.25) is 0 Å². The number of thiophene rings is 1. The van der Waals surface area contributed by atoms with Gasteiger partial charge < -0.3 is 0 Å². The van der Waals surface area contributed by atoms with Crippen LogP contribution in [0.5, 0.6) is 0 Å². The molecule has 6 heteroatoms. The molecule has 0 amide bonds. The zero-order valence-corrected chi connectivity index (χ0v) is 12.6. The molecular formula is C15H10ClN3OS. The van der Waals surface area contributed by atoms with Crippen LogP contribution in [0.2, 0.25) is 5.02 Å². The summed E-state index contributed by atoms with van der Waals surface area (Å²) < 4.78 is 1.56. The number of aromatic amines is 1. The van der Waals surface area contributed by atoms with Crippen LogP contribution in [0.4, 0.5) is 0 Å². The fourth-order valence-corrected chi connectivity index (χ4v) is 3.49. The van der Waals surface area contributed by atoms with Gasteiger partial charge in [-0.1, -0.05) is 23.7 Å². The van der Waals surface area contributed by atoms with Crippen molar-refractivity contribution in [1.82, 2.24) is 14.8 Å². The van der Waals surface area contributed by atoms with Gasteiger partial charge in [0.25, 0.3) is 5.56 Å². The van der Waals surface area contributed by atoms with Crippen LogP contribution in [0.15, 0.2) is 41.3 Å². The predicted octanol–water partition coefficient (Wildman–Crippen LogP) is 3.89. The number of nitrogens with zero attached hydrogens (tertiary/aromatic N) is 2. The smallest absolute Gasteiger partial charge is 0.281 e. The van der Waals surface area contributed by atoms with Crippen LogP contribution in [-0.2, 0) is 0 Å². The van der Waals surface area contributed by atoms with Gasteiger partial charge in [0, 0.05) is 16.5 Å². The van der Waals surface area contributed by atoms with E-state index >= 15 is 0 Å². The summed E-state index contributed by atoms with van der Waals surface area (Å²) in [5.41, 5.74) is 1.36. The molecule has 0 spiro atoms. The molecule has 0 saturated carbocycles. The maximum absolute atomic E-state index is 12.5. The fraction of sp³-hybridized carbons (Fsp3) is 0.0667. The molecule has 4 nitrogen and oxygen atoms in total. The first-order chi connectivity index (χ1) is 10.1. The van der Waals surface area contributed by atoms with Crippen molar-refractivity contribution in [3.8, 4) is 5.00 Å². The number of rotatable bonds is 1. The summed E-state index contributed by atoms with van der Waals surface area (Å²) in [6.45, 7) is 2.01. The molecule has 0 aliphatic rings.